The molecule has 0 saturated carbocycles. The van der Waals surface area contributed by atoms with Crippen molar-refractivity contribution in [1.29, 1.82) is 0 Å². The van der Waals surface area contributed by atoms with Gasteiger partial charge in [0, 0.05) is 124 Å². The first-order valence-electron chi connectivity index (χ1n) is 0. The summed E-state index contributed by atoms with van der Waals surface area (Å²) >= 11 is 0. The molecule has 0 aromatic rings. The molecular formula is H4BCaCuFeIMgMnMoZn. The third-order valence-electron chi connectivity index (χ3n) is 0. The van der Waals surface area contributed by atoms with Crippen LogP contribution in [0.25, 0.3) is 0 Å². The average Bonchev–Trinajstić information content (AvgIpc) is 0. The van der Waals surface area contributed by atoms with Crippen molar-refractivity contribution in [3.05, 3.63) is 0 Å². The molecule has 0 bridgehead atoms. The molecule has 9 heavy (non-hydrogen) atoms. The van der Waals surface area contributed by atoms with Gasteiger partial charge in [-0.25, -0.2) is 0 Å². The third-order valence-corrected chi connectivity index (χ3v) is 0. The Balaban J connectivity index is 0. The van der Waals surface area contributed by atoms with Gasteiger partial charge in [0.25, 0.3) is 0 Å². The Kier molecular flexibility index (Phi) is 643. The van der Waals surface area contributed by atoms with Crippen molar-refractivity contribution >= 4 is 93.2 Å². The molecule has 0 aliphatic heterocycles. The molecule has 0 aromatic carbocycles. The van der Waals surface area contributed by atoms with Crippen molar-refractivity contribution in [3.8, 4) is 0 Å². The second-order valence-electron chi connectivity index (χ2n) is 0. The third kappa shape index (κ3) is 57.8. The van der Waals surface area contributed by atoms with E-state index in [-0.39, 0.29) is 185 Å². The summed E-state index contributed by atoms with van der Waals surface area (Å²) in [5, 5.41) is 0. The van der Waals surface area contributed by atoms with Crippen LogP contribution in [0.15, 0.2) is 0 Å². The number of halogens is 1. The summed E-state index contributed by atoms with van der Waals surface area (Å²) in [6.07, 6.45) is 0. The van der Waals surface area contributed by atoms with E-state index in [1.54, 1.807) is 0 Å². The molecule has 0 rings (SSSR count). The topological polar surface area (TPSA) is 0 Å². The Bertz CT molecular complexity index is 28.5. The van der Waals surface area contributed by atoms with Gasteiger partial charge in [-0.1, -0.05) is 0 Å². The maximum absolute atomic E-state index is 0. The summed E-state index contributed by atoms with van der Waals surface area (Å²) in [6, 6.07) is 0. The van der Waals surface area contributed by atoms with Crippen LogP contribution < -0.4 is 0 Å². The van der Waals surface area contributed by atoms with Crippen LogP contribution in [0.4, 0.5) is 0 Å². The van der Waals surface area contributed by atoms with Gasteiger partial charge in [-0.15, -0.1) is 0 Å². The summed E-state index contributed by atoms with van der Waals surface area (Å²) in [7, 11) is 0. The van der Waals surface area contributed by atoms with Gasteiger partial charge < -0.3 is 0 Å². The van der Waals surface area contributed by atoms with Gasteiger partial charge in [-0.2, -0.15) is 0 Å². The van der Waals surface area contributed by atoms with E-state index in [1.807, 2.05) is 0 Å². The molecule has 9 heteroatoms. The van der Waals surface area contributed by atoms with Gasteiger partial charge in [-0.3, -0.25) is 0 Å². The zero-order valence-electron chi connectivity index (χ0n) is 3.10. The monoisotopic (exact) mass is 542 g/mol. The van der Waals surface area contributed by atoms with Crippen LogP contribution in [0.3, 0.4) is 0 Å². The quantitative estimate of drug-likeness (QED) is 0.263. The minimum absolute atomic E-state index is 0. The summed E-state index contributed by atoms with van der Waals surface area (Å²) in [4.78, 5) is 0. The van der Waals surface area contributed by atoms with Gasteiger partial charge in [0.05, 0.1) is 0 Å². The Morgan fingerprint density at radius 2 is 1.00 bits per heavy atom. The van der Waals surface area contributed by atoms with Crippen molar-refractivity contribution in [2.24, 2.45) is 0 Å². The van der Waals surface area contributed by atoms with Crippen molar-refractivity contribution in [2.75, 3.05) is 0 Å². The van der Waals surface area contributed by atoms with Gasteiger partial charge in [-0.05, 0) is 0 Å². The predicted molar refractivity (Wildman–Crippen MR) is 36.9 cm³/mol. The van der Waals surface area contributed by atoms with E-state index in [9.17, 15) is 0 Å². The molecule has 0 spiro atoms. The molecule has 0 heterocycles. The molecule has 0 nitrogen and oxygen atoms in total. The van der Waals surface area contributed by atoms with Gasteiger partial charge >= 0.3 is 60.8 Å². The Morgan fingerprint density at radius 1 is 1.00 bits per heavy atom. The molecule has 0 aliphatic rings. The fourth-order valence-corrected chi connectivity index (χ4v) is 0. The second kappa shape index (κ2) is 68.1. The van der Waals surface area contributed by atoms with E-state index >= 15 is 0 Å². The normalized spacial score (nSPS) is 0. The molecule has 52 valence electrons. The molecule has 0 aliphatic carbocycles. The predicted octanol–water partition coefficient (Wildman–Crippen LogP) is -1.34. The molecule has 0 saturated heterocycles. The first kappa shape index (κ1) is 85.0. The number of hydrogen-bond donors (Lipinski definition) is 0. The first-order valence-corrected chi connectivity index (χ1v) is 0. The number of hydrogen-bond acceptors (Lipinski definition) is 0. The van der Waals surface area contributed by atoms with Crippen molar-refractivity contribution in [3.63, 3.8) is 0 Å². The van der Waals surface area contributed by atoms with Crippen LogP contribution in [-0.2, 0) is 91.7 Å². The number of rotatable bonds is 0. The van der Waals surface area contributed by atoms with E-state index in [0.717, 1.165) is 0 Å². The van der Waals surface area contributed by atoms with Crippen molar-refractivity contribution in [2.45, 2.75) is 0 Å². The Morgan fingerprint density at radius 3 is 1.00 bits per heavy atom. The smallest absolute Gasteiger partial charge is 0 e. The zero-order chi connectivity index (χ0) is 0. The second-order valence-corrected chi connectivity index (χ2v) is 0. The van der Waals surface area contributed by atoms with Crippen LogP contribution in [-0.4, -0.2) is 69.2 Å². The van der Waals surface area contributed by atoms with Crippen LogP contribution >= 0.6 is 24.0 Å². The van der Waals surface area contributed by atoms with Crippen LogP contribution in [0.1, 0.15) is 0 Å². The SMILES string of the molecule is [B].[CaH2].[Cu].[Fe].[I].[MgH2].[Mn].[Mo].[Zn]. The van der Waals surface area contributed by atoms with E-state index in [2.05, 4.69) is 0 Å². The van der Waals surface area contributed by atoms with Crippen LogP contribution in [0.2, 0.25) is 0 Å². The molecule has 0 N–H and O–H groups in total. The molecule has 0 atom stereocenters. The molecule has 0 amide bonds. The standard InChI is InChI=1S/B.Ca.Cu.Fe.I.Mg.Mn.Mo.Zn.4H. The fourth-order valence-electron chi connectivity index (χ4n) is 0. The Hall–Kier alpha value is 5.69. The van der Waals surface area contributed by atoms with Crippen LogP contribution in [0.5, 0.6) is 0 Å². The van der Waals surface area contributed by atoms with Gasteiger partial charge in [0.1, 0.15) is 0 Å². The van der Waals surface area contributed by atoms with Gasteiger partial charge in [0.2, 0.25) is 0 Å². The summed E-state index contributed by atoms with van der Waals surface area (Å²) in [5.41, 5.74) is 0. The molecular weight excluding hydrogens is 538 g/mol. The van der Waals surface area contributed by atoms with E-state index in [0.29, 0.717) is 0 Å². The van der Waals surface area contributed by atoms with E-state index in [1.165, 1.54) is 0 Å². The van der Waals surface area contributed by atoms with Gasteiger partial charge in [0.15, 0.2) is 0 Å². The Labute approximate surface area is 180 Å². The summed E-state index contributed by atoms with van der Waals surface area (Å²) < 4.78 is 0. The molecule has 0 aromatic heterocycles. The van der Waals surface area contributed by atoms with Crippen molar-refractivity contribution < 1.29 is 91.7 Å². The summed E-state index contributed by atoms with van der Waals surface area (Å²) in [5.74, 6) is 0. The molecule has 0 fully saturated rings. The largest absolute Gasteiger partial charge is 0.316 e. The first-order chi connectivity index (χ1) is 0. The van der Waals surface area contributed by atoms with Crippen LogP contribution in [0, 0.1) is 0 Å². The minimum atomic E-state index is 0. The van der Waals surface area contributed by atoms with E-state index in [4.69, 9.17) is 0 Å². The average molecular weight is 542 g/mol. The maximum Gasteiger partial charge on any atom is 0.316 e. The minimum Gasteiger partial charge on any atom is 0 e. The van der Waals surface area contributed by atoms with E-state index < -0.39 is 0 Å². The molecule has 6 radical (unpaired) electrons. The maximum atomic E-state index is 0. The summed E-state index contributed by atoms with van der Waals surface area (Å²) in [6.45, 7) is 0. The zero-order valence-corrected chi connectivity index (χ0v) is 13.5. The fraction of sp³-hybridized carbons (Fsp3) is 0. The molecule has 0 unspecified atom stereocenters. The van der Waals surface area contributed by atoms with Crippen molar-refractivity contribution in [1.82, 2.24) is 0 Å².